The van der Waals surface area contributed by atoms with E-state index < -0.39 is 6.09 Å². The van der Waals surface area contributed by atoms with Crippen LogP contribution in [0.15, 0.2) is 47.5 Å². The van der Waals surface area contributed by atoms with Crippen molar-refractivity contribution in [2.75, 3.05) is 13.7 Å². The molecule has 1 unspecified atom stereocenters. The Morgan fingerprint density at radius 1 is 1.26 bits per heavy atom. The van der Waals surface area contributed by atoms with Crippen LogP contribution < -0.4 is 5.32 Å². The third-order valence-corrected chi connectivity index (χ3v) is 4.13. The molecule has 5 heteroatoms. The number of methoxy groups -OCH3 is 1. The molecule has 1 aliphatic heterocycles. The van der Waals surface area contributed by atoms with Crippen molar-refractivity contribution in [1.29, 1.82) is 0 Å². The van der Waals surface area contributed by atoms with Gasteiger partial charge in [0.15, 0.2) is 0 Å². The molecule has 0 aromatic heterocycles. The van der Waals surface area contributed by atoms with Crippen molar-refractivity contribution in [3.05, 3.63) is 48.0 Å². The van der Waals surface area contributed by atoms with Gasteiger partial charge in [-0.1, -0.05) is 42.5 Å². The van der Waals surface area contributed by atoms with Gasteiger partial charge in [0, 0.05) is 6.04 Å². The molecular weight excluding hydrogens is 290 g/mol. The normalized spacial score (nSPS) is 17.5. The minimum Gasteiger partial charge on any atom is -0.453 e. The van der Waals surface area contributed by atoms with Gasteiger partial charge in [0.1, 0.15) is 0 Å². The molecule has 120 valence electrons. The minimum atomic E-state index is -0.493. The van der Waals surface area contributed by atoms with Crippen LogP contribution in [0.2, 0.25) is 0 Å². The molecule has 5 nitrogen and oxygen atoms in total. The number of benzene rings is 2. The van der Waals surface area contributed by atoms with Crippen LogP contribution in [-0.2, 0) is 4.74 Å². The summed E-state index contributed by atoms with van der Waals surface area (Å²) in [5, 5.41) is 5.16. The van der Waals surface area contributed by atoms with Crippen molar-refractivity contribution in [1.82, 2.24) is 10.2 Å². The second-order valence-corrected chi connectivity index (χ2v) is 5.87. The van der Waals surface area contributed by atoms with Crippen LogP contribution in [0, 0.1) is 0 Å². The topological polar surface area (TPSA) is 53.9 Å². The largest absolute Gasteiger partial charge is 0.453 e. The lowest BCUT2D eigenvalue weighted by atomic mass is 9.97. The summed E-state index contributed by atoms with van der Waals surface area (Å²) in [4.78, 5) is 18.2. The van der Waals surface area contributed by atoms with Gasteiger partial charge >= 0.3 is 6.09 Å². The number of carbonyl (C=O) groups is 1. The lowest BCUT2D eigenvalue weighted by Gasteiger charge is -2.32. The van der Waals surface area contributed by atoms with E-state index >= 15 is 0 Å². The van der Waals surface area contributed by atoms with E-state index in [1.165, 1.54) is 23.4 Å². The Kier molecular flexibility index (Phi) is 4.19. The molecule has 0 saturated carbocycles. The number of alkyl carbamates (subject to hydrolysis) is 1. The highest BCUT2D eigenvalue weighted by atomic mass is 16.5. The fourth-order valence-electron chi connectivity index (χ4n) is 3.13. The number of ether oxygens (including phenoxy) is 1. The third-order valence-electron chi connectivity index (χ3n) is 4.13. The van der Waals surface area contributed by atoms with E-state index in [9.17, 15) is 4.79 Å². The predicted octanol–water partition coefficient (Wildman–Crippen LogP) is 3.32. The first-order valence-corrected chi connectivity index (χ1v) is 7.77. The van der Waals surface area contributed by atoms with E-state index in [0.29, 0.717) is 12.5 Å². The van der Waals surface area contributed by atoms with Gasteiger partial charge in [-0.25, -0.2) is 4.79 Å². The highest BCUT2D eigenvalue weighted by Crippen LogP contribution is 2.32. The van der Waals surface area contributed by atoms with Crippen molar-refractivity contribution in [2.24, 2.45) is 4.99 Å². The number of amides is 1. The Bertz CT molecular complexity index is 750. The number of nitrogens with one attached hydrogen (secondary N) is 1. The van der Waals surface area contributed by atoms with E-state index in [2.05, 4.69) is 65.5 Å². The zero-order chi connectivity index (χ0) is 16.4. The number of aliphatic imine (C=N–C) groups is 1. The fourth-order valence-corrected chi connectivity index (χ4v) is 3.13. The lowest BCUT2D eigenvalue weighted by Crippen LogP contribution is -2.46. The fraction of sp³-hybridized carbons (Fsp3) is 0.333. The molecule has 1 heterocycles. The molecule has 1 amide bonds. The summed E-state index contributed by atoms with van der Waals surface area (Å²) >= 11 is 0. The quantitative estimate of drug-likeness (QED) is 0.925. The van der Waals surface area contributed by atoms with E-state index in [1.807, 2.05) is 6.07 Å². The SMILES string of the molecule is COC(=O)NC1=NCC(c2cccc3ccccc23)N1C(C)C. The number of carbonyl (C=O) groups excluding carboxylic acids is 1. The first-order valence-electron chi connectivity index (χ1n) is 7.77. The highest BCUT2D eigenvalue weighted by Gasteiger charge is 2.32. The monoisotopic (exact) mass is 311 g/mol. The summed E-state index contributed by atoms with van der Waals surface area (Å²) in [6.45, 7) is 4.81. The van der Waals surface area contributed by atoms with Gasteiger partial charge in [0.05, 0.1) is 19.7 Å². The Morgan fingerprint density at radius 2 is 2.00 bits per heavy atom. The van der Waals surface area contributed by atoms with Crippen LogP contribution in [0.4, 0.5) is 4.79 Å². The van der Waals surface area contributed by atoms with E-state index in [4.69, 9.17) is 4.74 Å². The number of hydrogen-bond donors (Lipinski definition) is 1. The Morgan fingerprint density at radius 3 is 2.74 bits per heavy atom. The molecule has 2 aromatic carbocycles. The van der Waals surface area contributed by atoms with Crippen LogP contribution in [-0.4, -0.2) is 36.6 Å². The van der Waals surface area contributed by atoms with Crippen LogP contribution in [0.5, 0.6) is 0 Å². The van der Waals surface area contributed by atoms with Crippen molar-refractivity contribution >= 4 is 22.8 Å². The predicted molar refractivity (Wildman–Crippen MR) is 91.5 cm³/mol. The van der Waals surface area contributed by atoms with Gasteiger partial charge in [0.25, 0.3) is 0 Å². The first-order chi connectivity index (χ1) is 11.1. The maximum atomic E-state index is 11.6. The lowest BCUT2D eigenvalue weighted by molar-refractivity contribution is 0.174. The standard InChI is InChI=1S/C18H21N3O2/c1-12(2)21-16(11-19-17(21)20-18(22)23-3)15-10-6-8-13-7-4-5-9-14(13)15/h4-10,12,16H,11H2,1-3H3,(H,19,20,22). The third kappa shape index (κ3) is 2.86. The van der Waals surface area contributed by atoms with Gasteiger partial charge in [-0.15, -0.1) is 0 Å². The number of guanidine groups is 1. The molecule has 3 rings (SSSR count). The number of fused-ring (bicyclic) bond motifs is 1. The van der Waals surface area contributed by atoms with Crippen LogP contribution in [0.1, 0.15) is 25.5 Å². The molecule has 0 saturated heterocycles. The summed E-state index contributed by atoms with van der Waals surface area (Å²) < 4.78 is 4.69. The first kappa shape index (κ1) is 15.3. The molecule has 1 atom stereocenters. The molecule has 0 bridgehead atoms. The van der Waals surface area contributed by atoms with Gasteiger partial charge in [-0.05, 0) is 30.2 Å². The maximum Gasteiger partial charge on any atom is 0.413 e. The smallest absolute Gasteiger partial charge is 0.413 e. The summed E-state index contributed by atoms with van der Waals surface area (Å²) in [6, 6.07) is 15.0. The summed E-state index contributed by atoms with van der Waals surface area (Å²) in [5.74, 6) is 0.574. The summed E-state index contributed by atoms with van der Waals surface area (Å²) in [7, 11) is 1.35. The van der Waals surface area contributed by atoms with E-state index in [0.717, 1.165) is 0 Å². The Labute approximate surface area is 136 Å². The number of hydrogen-bond acceptors (Lipinski definition) is 4. The van der Waals surface area contributed by atoms with Crippen LogP contribution in [0.3, 0.4) is 0 Å². The van der Waals surface area contributed by atoms with E-state index in [-0.39, 0.29) is 12.1 Å². The zero-order valence-corrected chi connectivity index (χ0v) is 13.6. The molecule has 0 aliphatic carbocycles. The van der Waals surface area contributed by atoms with Crippen molar-refractivity contribution in [3.8, 4) is 0 Å². The van der Waals surface area contributed by atoms with Gasteiger partial charge in [0.2, 0.25) is 5.96 Å². The average molecular weight is 311 g/mol. The maximum absolute atomic E-state index is 11.6. The minimum absolute atomic E-state index is 0.105. The highest BCUT2D eigenvalue weighted by molar-refractivity contribution is 5.96. The number of nitrogens with zero attached hydrogens (tertiary/aromatic N) is 2. The molecule has 0 radical (unpaired) electrons. The number of rotatable bonds is 2. The van der Waals surface area contributed by atoms with Crippen LogP contribution >= 0.6 is 0 Å². The molecule has 0 spiro atoms. The molecule has 1 N–H and O–H groups in total. The van der Waals surface area contributed by atoms with Crippen molar-refractivity contribution < 1.29 is 9.53 Å². The molecule has 1 aliphatic rings. The van der Waals surface area contributed by atoms with Gasteiger partial charge < -0.3 is 9.64 Å². The molecular formula is C18H21N3O2. The second kappa shape index (κ2) is 6.28. The summed E-state index contributed by atoms with van der Waals surface area (Å²) in [5.41, 5.74) is 1.22. The second-order valence-electron chi connectivity index (χ2n) is 5.87. The average Bonchev–Trinajstić information content (AvgIpc) is 2.97. The Balaban J connectivity index is 1.98. The summed E-state index contributed by atoms with van der Waals surface area (Å²) in [6.07, 6.45) is -0.493. The molecule has 2 aromatic rings. The molecule has 23 heavy (non-hydrogen) atoms. The zero-order valence-electron chi connectivity index (χ0n) is 13.6. The van der Waals surface area contributed by atoms with Crippen molar-refractivity contribution in [3.63, 3.8) is 0 Å². The van der Waals surface area contributed by atoms with Crippen molar-refractivity contribution in [2.45, 2.75) is 25.9 Å². The van der Waals surface area contributed by atoms with Gasteiger partial charge in [-0.3, -0.25) is 10.3 Å². The molecule has 0 fully saturated rings. The van der Waals surface area contributed by atoms with E-state index in [1.54, 1.807) is 0 Å². The van der Waals surface area contributed by atoms with Gasteiger partial charge in [-0.2, -0.15) is 0 Å². The Hall–Kier alpha value is -2.56. The van der Waals surface area contributed by atoms with Crippen LogP contribution in [0.25, 0.3) is 10.8 Å².